The Labute approximate surface area is 175 Å². The number of nitrogens with zero attached hydrogens (tertiary/aromatic N) is 2. The number of nitro groups is 1. The number of rotatable bonds is 7. The number of nitro benzene ring substituents is 1. The number of carbonyl (C=O) groups excluding carboxylic acids is 1. The van der Waals surface area contributed by atoms with Crippen molar-refractivity contribution < 1.29 is 24.0 Å². The van der Waals surface area contributed by atoms with Crippen LogP contribution < -0.4 is 9.47 Å². The van der Waals surface area contributed by atoms with Gasteiger partial charge in [-0.1, -0.05) is 5.16 Å². The van der Waals surface area contributed by atoms with Gasteiger partial charge in [0, 0.05) is 12.1 Å². The van der Waals surface area contributed by atoms with Crippen LogP contribution in [0.4, 0.5) is 5.69 Å². The fourth-order valence-corrected chi connectivity index (χ4v) is 3.20. The van der Waals surface area contributed by atoms with E-state index in [0.717, 1.165) is 5.56 Å². The van der Waals surface area contributed by atoms with Crippen molar-refractivity contribution in [2.75, 3.05) is 6.61 Å². The van der Waals surface area contributed by atoms with E-state index in [4.69, 9.17) is 9.47 Å². The van der Waals surface area contributed by atoms with Gasteiger partial charge in [-0.3, -0.25) is 10.1 Å². The summed E-state index contributed by atoms with van der Waals surface area (Å²) in [5.41, 5.74) is 2.39. The minimum absolute atomic E-state index is 0.0200. The highest BCUT2D eigenvalue weighted by molar-refractivity contribution is 9.10. The lowest BCUT2D eigenvalue weighted by molar-refractivity contribution is -0.384. The molecule has 1 aliphatic heterocycles. The van der Waals surface area contributed by atoms with Crippen molar-refractivity contribution in [3.63, 3.8) is 0 Å². The molecule has 0 saturated heterocycles. The van der Waals surface area contributed by atoms with Crippen LogP contribution in [0.2, 0.25) is 0 Å². The molecule has 0 fully saturated rings. The smallest absolute Gasteiger partial charge is 0.367 e. The molecule has 0 unspecified atom stereocenters. The highest BCUT2D eigenvalue weighted by Crippen LogP contribution is 2.38. The normalized spacial score (nSPS) is 14.5. The van der Waals surface area contributed by atoms with Crippen LogP contribution in [0.3, 0.4) is 0 Å². The van der Waals surface area contributed by atoms with Gasteiger partial charge >= 0.3 is 5.97 Å². The summed E-state index contributed by atoms with van der Waals surface area (Å²) in [5, 5.41) is 14.4. The molecule has 0 aliphatic carbocycles. The van der Waals surface area contributed by atoms with Crippen LogP contribution in [0.25, 0.3) is 6.08 Å². The summed E-state index contributed by atoms with van der Waals surface area (Å²) >= 11 is 3.48. The first-order valence-electron chi connectivity index (χ1n) is 8.69. The third-order valence-electron chi connectivity index (χ3n) is 4.05. The Morgan fingerprint density at radius 1 is 1.24 bits per heavy atom. The zero-order chi connectivity index (χ0) is 21.0. The first kappa shape index (κ1) is 20.5. The number of hydrogen-bond acceptors (Lipinski definition) is 7. The molecule has 3 rings (SSSR count). The Hall–Kier alpha value is -3.20. The molecule has 0 spiro atoms. The Bertz CT molecular complexity index is 1010. The molecular formula is C20H17BrN2O6. The number of carbonyl (C=O) groups is 1. The monoisotopic (exact) mass is 460 g/mol. The maximum Gasteiger partial charge on any atom is 0.367 e. The van der Waals surface area contributed by atoms with Gasteiger partial charge in [0.2, 0.25) is 0 Å². The molecule has 0 saturated carbocycles. The molecule has 1 heterocycles. The number of hydrogen-bond donors (Lipinski definition) is 0. The van der Waals surface area contributed by atoms with Crippen molar-refractivity contribution >= 4 is 39.4 Å². The topological polar surface area (TPSA) is 100 Å². The molecule has 150 valence electrons. The van der Waals surface area contributed by atoms with Crippen molar-refractivity contribution in [2.24, 2.45) is 5.16 Å². The van der Waals surface area contributed by atoms with Crippen molar-refractivity contribution in [3.8, 4) is 11.5 Å². The average Bonchev–Trinajstić information content (AvgIpc) is 3.00. The van der Waals surface area contributed by atoms with Crippen molar-refractivity contribution in [3.05, 3.63) is 67.7 Å². The zero-order valence-corrected chi connectivity index (χ0v) is 17.3. The molecular weight excluding hydrogens is 444 g/mol. The fourth-order valence-electron chi connectivity index (χ4n) is 2.63. The van der Waals surface area contributed by atoms with Crippen LogP contribution in [0.5, 0.6) is 11.5 Å². The van der Waals surface area contributed by atoms with Gasteiger partial charge in [-0.05, 0) is 71.2 Å². The summed E-state index contributed by atoms with van der Waals surface area (Å²) in [6.07, 6.45) is 1.67. The second-order valence-corrected chi connectivity index (χ2v) is 6.94. The highest BCUT2D eigenvalue weighted by Gasteiger charge is 2.22. The van der Waals surface area contributed by atoms with Gasteiger partial charge in [-0.15, -0.1) is 0 Å². The Balaban J connectivity index is 1.84. The van der Waals surface area contributed by atoms with E-state index < -0.39 is 10.9 Å². The summed E-state index contributed by atoms with van der Waals surface area (Å²) in [7, 11) is 0. The van der Waals surface area contributed by atoms with Crippen molar-refractivity contribution in [1.29, 1.82) is 0 Å². The molecule has 0 radical (unpaired) electrons. The third-order valence-corrected chi connectivity index (χ3v) is 4.64. The van der Waals surface area contributed by atoms with Gasteiger partial charge < -0.3 is 14.3 Å². The SMILES string of the molecule is CCOc1cc(C=C2C(=O)ON=C2C)cc(Br)c1OCc1ccc([N+](=O)[O-])cc1. The van der Waals surface area contributed by atoms with E-state index in [2.05, 4.69) is 25.9 Å². The molecule has 29 heavy (non-hydrogen) atoms. The summed E-state index contributed by atoms with van der Waals surface area (Å²) in [6.45, 7) is 4.17. The summed E-state index contributed by atoms with van der Waals surface area (Å²) < 4.78 is 12.2. The standard InChI is InChI=1S/C20H17BrN2O6/c1-3-27-18-10-14(8-16-12(2)22-29-20(16)24)9-17(21)19(18)28-11-13-4-6-15(7-5-13)23(25)26/h4-10H,3,11H2,1-2H3. The molecule has 0 N–H and O–H groups in total. The van der Waals surface area contributed by atoms with Gasteiger partial charge in [0.05, 0.1) is 27.3 Å². The van der Waals surface area contributed by atoms with Gasteiger partial charge in [0.25, 0.3) is 5.69 Å². The fraction of sp³-hybridized carbons (Fsp3) is 0.200. The second-order valence-electron chi connectivity index (χ2n) is 6.09. The van der Waals surface area contributed by atoms with E-state index >= 15 is 0 Å². The molecule has 0 bridgehead atoms. The summed E-state index contributed by atoms with van der Waals surface area (Å²) in [6, 6.07) is 9.68. The first-order chi connectivity index (χ1) is 13.9. The molecule has 2 aromatic rings. The number of oxime groups is 1. The van der Waals surface area contributed by atoms with Crippen LogP contribution in [-0.2, 0) is 16.2 Å². The lowest BCUT2D eigenvalue weighted by Crippen LogP contribution is -2.03. The van der Waals surface area contributed by atoms with E-state index in [1.165, 1.54) is 12.1 Å². The molecule has 0 aromatic heterocycles. The third kappa shape index (κ3) is 4.80. The van der Waals surface area contributed by atoms with Crippen molar-refractivity contribution in [2.45, 2.75) is 20.5 Å². The van der Waals surface area contributed by atoms with E-state index in [1.807, 2.05) is 6.92 Å². The van der Waals surface area contributed by atoms with Gasteiger partial charge in [0.1, 0.15) is 6.61 Å². The van der Waals surface area contributed by atoms with E-state index in [0.29, 0.717) is 39.4 Å². The van der Waals surface area contributed by atoms with E-state index in [-0.39, 0.29) is 12.3 Å². The summed E-state index contributed by atoms with van der Waals surface area (Å²) in [4.78, 5) is 26.7. The van der Waals surface area contributed by atoms with Crippen molar-refractivity contribution in [1.82, 2.24) is 0 Å². The van der Waals surface area contributed by atoms with Crippen LogP contribution in [0, 0.1) is 10.1 Å². The first-order valence-corrected chi connectivity index (χ1v) is 9.48. The molecule has 1 aliphatic rings. The minimum Gasteiger partial charge on any atom is -0.490 e. The predicted molar refractivity (Wildman–Crippen MR) is 110 cm³/mol. The number of halogens is 1. The second kappa shape index (κ2) is 8.87. The average molecular weight is 461 g/mol. The number of benzene rings is 2. The van der Waals surface area contributed by atoms with Gasteiger partial charge in [-0.2, -0.15) is 0 Å². The van der Waals surface area contributed by atoms with Gasteiger partial charge in [0.15, 0.2) is 11.5 Å². The number of non-ortho nitro benzene ring substituents is 1. The Kier molecular flexibility index (Phi) is 6.28. The zero-order valence-electron chi connectivity index (χ0n) is 15.7. The quantitative estimate of drug-likeness (QED) is 0.258. The molecule has 0 amide bonds. The van der Waals surface area contributed by atoms with E-state index in [9.17, 15) is 14.9 Å². The van der Waals surface area contributed by atoms with Gasteiger partial charge in [-0.25, -0.2) is 4.79 Å². The highest BCUT2D eigenvalue weighted by atomic mass is 79.9. The Morgan fingerprint density at radius 2 is 1.97 bits per heavy atom. The van der Waals surface area contributed by atoms with Crippen LogP contribution in [0.1, 0.15) is 25.0 Å². The lowest BCUT2D eigenvalue weighted by Gasteiger charge is -2.15. The van der Waals surface area contributed by atoms with Crippen LogP contribution >= 0.6 is 15.9 Å². The maximum atomic E-state index is 11.8. The molecule has 2 aromatic carbocycles. The van der Waals surface area contributed by atoms with Crippen LogP contribution in [0.15, 0.2) is 51.6 Å². The summed E-state index contributed by atoms with van der Waals surface area (Å²) in [5.74, 6) is 0.485. The molecule has 9 heteroatoms. The Morgan fingerprint density at radius 3 is 2.55 bits per heavy atom. The maximum absolute atomic E-state index is 11.8. The predicted octanol–water partition coefficient (Wildman–Crippen LogP) is 4.65. The largest absolute Gasteiger partial charge is 0.490 e. The molecule has 8 nitrogen and oxygen atoms in total. The van der Waals surface area contributed by atoms with E-state index in [1.54, 1.807) is 37.3 Å². The number of ether oxygens (including phenoxy) is 2. The minimum atomic E-state index is -0.505. The lowest BCUT2D eigenvalue weighted by atomic mass is 10.1. The van der Waals surface area contributed by atoms with Crippen LogP contribution in [-0.4, -0.2) is 23.2 Å². The molecule has 0 atom stereocenters.